The average Bonchev–Trinajstić information content (AvgIpc) is 2.39. The monoisotopic (exact) mass is 291 g/mol. The van der Waals surface area contributed by atoms with Gasteiger partial charge in [-0.15, -0.1) is 0 Å². The summed E-state index contributed by atoms with van der Waals surface area (Å²) in [5.41, 5.74) is 1.65. The molecule has 104 valence electrons. The first-order valence-corrected chi connectivity index (χ1v) is 6.72. The van der Waals surface area contributed by atoms with Crippen molar-refractivity contribution in [1.29, 1.82) is 0 Å². The summed E-state index contributed by atoms with van der Waals surface area (Å²) >= 11 is 5.86. The molecular formula is C16H15ClFNO. The summed E-state index contributed by atoms with van der Waals surface area (Å²) < 4.78 is 13.6. The summed E-state index contributed by atoms with van der Waals surface area (Å²) in [6.45, 7) is 4.18. The number of carbonyl (C=O) groups excluding carboxylic acids is 1. The minimum absolute atomic E-state index is 0.0984. The highest BCUT2D eigenvalue weighted by Gasteiger charge is 2.15. The Balaban J connectivity index is 2.19. The first-order chi connectivity index (χ1) is 9.49. The topological polar surface area (TPSA) is 29.1 Å². The van der Waals surface area contributed by atoms with Crippen LogP contribution in [0.25, 0.3) is 0 Å². The van der Waals surface area contributed by atoms with Crippen LogP contribution in [0, 0.1) is 5.82 Å². The van der Waals surface area contributed by atoms with E-state index in [2.05, 4.69) is 19.2 Å². The smallest absolute Gasteiger partial charge is 0.260 e. The van der Waals surface area contributed by atoms with Crippen LogP contribution in [-0.2, 0) is 0 Å². The molecule has 0 saturated carbocycles. The molecule has 0 aliphatic carbocycles. The quantitative estimate of drug-likeness (QED) is 0.860. The van der Waals surface area contributed by atoms with Gasteiger partial charge in [0.05, 0.1) is 10.6 Å². The van der Waals surface area contributed by atoms with Gasteiger partial charge in [-0.2, -0.15) is 0 Å². The Kier molecular flexibility index (Phi) is 4.40. The van der Waals surface area contributed by atoms with E-state index >= 15 is 0 Å². The van der Waals surface area contributed by atoms with Gasteiger partial charge in [0.15, 0.2) is 0 Å². The summed E-state index contributed by atoms with van der Waals surface area (Å²) in [4.78, 5) is 12.0. The van der Waals surface area contributed by atoms with E-state index in [1.54, 1.807) is 12.1 Å². The molecule has 20 heavy (non-hydrogen) atoms. The van der Waals surface area contributed by atoms with Crippen LogP contribution in [0.4, 0.5) is 10.1 Å². The fourth-order valence-corrected chi connectivity index (χ4v) is 2.11. The number of halogens is 2. The SMILES string of the molecule is CC(C)c1ccc(NC(=O)c2c(F)cccc2Cl)cc1. The standard InChI is InChI=1S/C16H15ClFNO/c1-10(2)11-6-8-12(9-7-11)19-16(20)15-13(17)4-3-5-14(15)18/h3-10H,1-2H3,(H,19,20). The zero-order chi connectivity index (χ0) is 14.7. The van der Waals surface area contributed by atoms with Crippen molar-refractivity contribution in [3.63, 3.8) is 0 Å². The molecule has 0 aliphatic heterocycles. The fraction of sp³-hybridized carbons (Fsp3) is 0.188. The molecule has 0 heterocycles. The Bertz CT molecular complexity index is 603. The molecule has 1 amide bonds. The van der Waals surface area contributed by atoms with Gasteiger partial charge in [-0.1, -0.05) is 43.6 Å². The van der Waals surface area contributed by atoms with Gasteiger partial charge in [-0.3, -0.25) is 4.79 Å². The molecule has 2 aromatic rings. The van der Waals surface area contributed by atoms with Crippen LogP contribution in [0.15, 0.2) is 42.5 Å². The number of benzene rings is 2. The van der Waals surface area contributed by atoms with Crippen molar-refractivity contribution < 1.29 is 9.18 Å². The number of rotatable bonds is 3. The van der Waals surface area contributed by atoms with Crippen LogP contribution in [0.1, 0.15) is 35.7 Å². The van der Waals surface area contributed by atoms with Crippen molar-refractivity contribution in [2.24, 2.45) is 0 Å². The van der Waals surface area contributed by atoms with Crippen molar-refractivity contribution in [3.05, 3.63) is 64.4 Å². The zero-order valence-corrected chi connectivity index (χ0v) is 12.0. The Morgan fingerprint density at radius 3 is 2.35 bits per heavy atom. The first-order valence-electron chi connectivity index (χ1n) is 6.34. The Morgan fingerprint density at radius 2 is 1.80 bits per heavy atom. The highest BCUT2D eigenvalue weighted by atomic mass is 35.5. The van der Waals surface area contributed by atoms with E-state index in [0.717, 1.165) is 0 Å². The molecule has 0 bridgehead atoms. The molecule has 0 spiro atoms. The zero-order valence-electron chi connectivity index (χ0n) is 11.3. The van der Waals surface area contributed by atoms with Crippen LogP contribution in [-0.4, -0.2) is 5.91 Å². The Hall–Kier alpha value is -1.87. The van der Waals surface area contributed by atoms with Crippen molar-refractivity contribution in [2.75, 3.05) is 5.32 Å². The second-order valence-electron chi connectivity index (χ2n) is 4.83. The molecule has 0 aromatic heterocycles. The Labute approximate surface area is 122 Å². The lowest BCUT2D eigenvalue weighted by Crippen LogP contribution is -2.14. The van der Waals surface area contributed by atoms with Gasteiger partial charge in [-0.05, 0) is 35.7 Å². The third kappa shape index (κ3) is 3.17. The summed E-state index contributed by atoms with van der Waals surface area (Å²) in [6.07, 6.45) is 0. The summed E-state index contributed by atoms with van der Waals surface area (Å²) in [7, 11) is 0. The van der Waals surface area contributed by atoms with Crippen LogP contribution >= 0.6 is 11.6 Å². The third-order valence-electron chi connectivity index (χ3n) is 3.03. The van der Waals surface area contributed by atoms with Crippen LogP contribution < -0.4 is 5.32 Å². The molecule has 0 fully saturated rings. The minimum atomic E-state index is -0.631. The van der Waals surface area contributed by atoms with E-state index in [0.29, 0.717) is 11.6 Å². The van der Waals surface area contributed by atoms with Crippen molar-refractivity contribution in [2.45, 2.75) is 19.8 Å². The molecule has 2 nitrogen and oxygen atoms in total. The number of nitrogens with one attached hydrogen (secondary N) is 1. The van der Waals surface area contributed by atoms with E-state index in [1.807, 2.05) is 12.1 Å². The van der Waals surface area contributed by atoms with Crippen LogP contribution in [0.5, 0.6) is 0 Å². The lowest BCUT2D eigenvalue weighted by atomic mass is 10.0. The van der Waals surface area contributed by atoms with E-state index in [4.69, 9.17) is 11.6 Å². The number of hydrogen-bond acceptors (Lipinski definition) is 1. The molecule has 1 N–H and O–H groups in total. The van der Waals surface area contributed by atoms with Crippen molar-refractivity contribution >= 4 is 23.2 Å². The van der Waals surface area contributed by atoms with E-state index in [1.165, 1.54) is 23.8 Å². The second kappa shape index (κ2) is 6.06. The maximum atomic E-state index is 13.6. The Morgan fingerprint density at radius 1 is 1.15 bits per heavy atom. The molecule has 0 atom stereocenters. The van der Waals surface area contributed by atoms with Gasteiger partial charge in [0.2, 0.25) is 0 Å². The summed E-state index contributed by atoms with van der Waals surface area (Å²) in [5, 5.41) is 2.74. The lowest BCUT2D eigenvalue weighted by Gasteiger charge is -2.09. The highest BCUT2D eigenvalue weighted by molar-refractivity contribution is 6.34. The van der Waals surface area contributed by atoms with E-state index < -0.39 is 11.7 Å². The van der Waals surface area contributed by atoms with Gasteiger partial charge < -0.3 is 5.32 Å². The average molecular weight is 292 g/mol. The summed E-state index contributed by atoms with van der Waals surface area (Å²) in [5.74, 6) is -0.764. The maximum Gasteiger partial charge on any atom is 0.260 e. The molecular weight excluding hydrogens is 277 g/mol. The van der Waals surface area contributed by atoms with Gasteiger partial charge in [-0.25, -0.2) is 4.39 Å². The van der Waals surface area contributed by atoms with Gasteiger partial charge >= 0.3 is 0 Å². The molecule has 2 aromatic carbocycles. The van der Waals surface area contributed by atoms with Gasteiger partial charge in [0.1, 0.15) is 5.82 Å². The second-order valence-corrected chi connectivity index (χ2v) is 5.23. The normalized spacial score (nSPS) is 10.7. The van der Waals surface area contributed by atoms with E-state index in [-0.39, 0.29) is 10.6 Å². The van der Waals surface area contributed by atoms with E-state index in [9.17, 15) is 9.18 Å². The molecule has 0 radical (unpaired) electrons. The van der Waals surface area contributed by atoms with Crippen LogP contribution in [0.2, 0.25) is 5.02 Å². The number of anilines is 1. The van der Waals surface area contributed by atoms with Crippen molar-refractivity contribution in [1.82, 2.24) is 0 Å². The molecule has 4 heteroatoms. The lowest BCUT2D eigenvalue weighted by molar-refractivity contribution is 0.102. The van der Waals surface area contributed by atoms with Gasteiger partial charge in [0, 0.05) is 5.69 Å². The maximum absolute atomic E-state index is 13.6. The summed E-state index contributed by atoms with van der Waals surface area (Å²) in [6, 6.07) is 11.6. The largest absolute Gasteiger partial charge is 0.322 e. The molecule has 0 unspecified atom stereocenters. The fourth-order valence-electron chi connectivity index (χ4n) is 1.86. The molecule has 2 rings (SSSR count). The predicted octanol–water partition coefficient (Wildman–Crippen LogP) is 4.85. The molecule has 0 aliphatic rings. The third-order valence-corrected chi connectivity index (χ3v) is 3.34. The van der Waals surface area contributed by atoms with Crippen molar-refractivity contribution in [3.8, 4) is 0 Å². The highest BCUT2D eigenvalue weighted by Crippen LogP contribution is 2.21. The first kappa shape index (κ1) is 14.5. The number of hydrogen-bond donors (Lipinski definition) is 1. The minimum Gasteiger partial charge on any atom is -0.322 e. The number of amides is 1. The van der Waals surface area contributed by atoms with Crippen LogP contribution in [0.3, 0.4) is 0 Å². The number of carbonyl (C=O) groups is 1. The molecule has 0 saturated heterocycles. The predicted molar refractivity (Wildman–Crippen MR) is 79.9 cm³/mol. The van der Waals surface area contributed by atoms with Gasteiger partial charge in [0.25, 0.3) is 5.91 Å².